The Morgan fingerprint density at radius 2 is 1.67 bits per heavy atom. The lowest BCUT2D eigenvalue weighted by Crippen LogP contribution is -2.36. The van der Waals surface area contributed by atoms with E-state index in [9.17, 15) is 9.59 Å². The predicted octanol–water partition coefficient (Wildman–Crippen LogP) is 2.01. The summed E-state index contributed by atoms with van der Waals surface area (Å²) in [5.74, 6) is 0.0123. The van der Waals surface area contributed by atoms with Gasteiger partial charge in [0.25, 0.3) is 0 Å². The van der Waals surface area contributed by atoms with Crippen LogP contribution in [0.25, 0.3) is 0 Å². The summed E-state index contributed by atoms with van der Waals surface area (Å²) in [6, 6.07) is 9.28. The minimum atomic E-state index is -0.808. The fourth-order valence-corrected chi connectivity index (χ4v) is 1.65. The smallest absolute Gasteiger partial charge is 0.314 e. The van der Waals surface area contributed by atoms with E-state index < -0.39 is 5.97 Å². The molecule has 116 valence electrons. The van der Waals surface area contributed by atoms with Crippen molar-refractivity contribution in [3.05, 3.63) is 30.3 Å². The molecule has 1 aromatic carbocycles. The van der Waals surface area contributed by atoms with Gasteiger partial charge in [-0.15, -0.1) is 0 Å². The largest absolute Gasteiger partial charge is 0.494 e. The predicted molar refractivity (Wildman–Crippen MR) is 79.4 cm³/mol. The van der Waals surface area contributed by atoms with E-state index in [4.69, 9.17) is 9.84 Å². The van der Waals surface area contributed by atoms with E-state index in [0.29, 0.717) is 32.5 Å². The molecule has 0 bridgehead atoms. The zero-order valence-electron chi connectivity index (χ0n) is 12.0. The first-order valence-electron chi connectivity index (χ1n) is 7.10. The highest BCUT2D eigenvalue weighted by Crippen LogP contribution is 2.07. The maximum Gasteiger partial charge on any atom is 0.314 e. The van der Waals surface area contributed by atoms with Crippen molar-refractivity contribution in [1.82, 2.24) is 10.6 Å². The highest BCUT2D eigenvalue weighted by Gasteiger charge is 2.00. The van der Waals surface area contributed by atoms with Crippen molar-refractivity contribution in [2.75, 3.05) is 19.7 Å². The molecule has 0 spiro atoms. The molecule has 0 atom stereocenters. The second kappa shape index (κ2) is 10.5. The highest BCUT2D eigenvalue weighted by molar-refractivity contribution is 5.73. The first-order valence-corrected chi connectivity index (χ1v) is 7.10. The van der Waals surface area contributed by atoms with Crippen LogP contribution >= 0.6 is 0 Å². The second-order valence-electron chi connectivity index (χ2n) is 4.55. The minimum absolute atomic E-state index is 0.139. The third-order valence-electron chi connectivity index (χ3n) is 2.72. The van der Waals surface area contributed by atoms with Gasteiger partial charge in [-0.05, 0) is 31.4 Å². The number of para-hydroxylation sites is 1. The zero-order chi connectivity index (χ0) is 15.3. The molecule has 1 aromatic rings. The number of amides is 2. The topological polar surface area (TPSA) is 87.7 Å². The number of unbranched alkanes of at least 4 members (excludes halogenated alkanes) is 1. The molecule has 0 aliphatic carbocycles. The van der Waals surface area contributed by atoms with Gasteiger partial charge in [-0.1, -0.05) is 18.2 Å². The van der Waals surface area contributed by atoms with Crippen molar-refractivity contribution in [1.29, 1.82) is 0 Å². The molecule has 6 heteroatoms. The molecule has 1 rings (SSSR count). The molecule has 0 aliphatic rings. The number of carboxylic acids is 1. The summed E-state index contributed by atoms with van der Waals surface area (Å²) in [6.45, 7) is 1.57. The Bertz CT molecular complexity index is 423. The van der Waals surface area contributed by atoms with E-state index in [1.165, 1.54) is 0 Å². The molecule has 6 nitrogen and oxygen atoms in total. The Hall–Kier alpha value is -2.24. The van der Waals surface area contributed by atoms with E-state index in [1.54, 1.807) is 0 Å². The van der Waals surface area contributed by atoms with Gasteiger partial charge >= 0.3 is 12.0 Å². The summed E-state index contributed by atoms with van der Waals surface area (Å²) in [5, 5.41) is 13.9. The van der Waals surface area contributed by atoms with Crippen LogP contribution in [0.3, 0.4) is 0 Å². The summed E-state index contributed by atoms with van der Waals surface area (Å²) >= 11 is 0. The standard InChI is InChI=1S/C15H22N2O4/c18-14(19)9-4-5-10-16-15(20)17-11-6-12-21-13-7-2-1-3-8-13/h1-3,7-8H,4-6,9-12H2,(H,18,19)(H2,16,17,20). The number of hydrogen-bond acceptors (Lipinski definition) is 3. The third kappa shape index (κ3) is 9.32. The summed E-state index contributed by atoms with van der Waals surface area (Å²) in [5.41, 5.74) is 0. The summed E-state index contributed by atoms with van der Waals surface area (Å²) in [6.07, 6.45) is 2.10. The Balaban J connectivity index is 1.92. The van der Waals surface area contributed by atoms with Crippen molar-refractivity contribution in [3.8, 4) is 5.75 Å². The van der Waals surface area contributed by atoms with Gasteiger partial charge in [0.15, 0.2) is 0 Å². The molecule has 2 amide bonds. The summed E-state index contributed by atoms with van der Waals surface area (Å²) in [7, 11) is 0. The number of nitrogens with one attached hydrogen (secondary N) is 2. The van der Waals surface area contributed by atoms with Gasteiger partial charge in [0.2, 0.25) is 0 Å². The van der Waals surface area contributed by atoms with Crippen molar-refractivity contribution >= 4 is 12.0 Å². The average molecular weight is 294 g/mol. The highest BCUT2D eigenvalue weighted by atomic mass is 16.5. The number of carbonyl (C=O) groups is 2. The SMILES string of the molecule is O=C(O)CCCCNC(=O)NCCCOc1ccccc1. The normalized spacial score (nSPS) is 9.90. The lowest BCUT2D eigenvalue weighted by molar-refractivity contribution is -0.137. The Kier molecular flexibility index (Phi) is 8.44. The lowest BCUT2D eigenvalue weighted by Gasteiger charge is -2.08. The molecule has 0 radical (unpaired) electrons. The van der Waals surface area contributed by atoms with Crippen molar-refractivity contribution in [2.45, 2.75) is 25.7 Å². The molecule has 3 N–H and O–H groups in total. The third-order valence-corrected chi connectivity index (χ3v) is 2.72. The van der Waals surface area contributed by atoms with Crippen molar-refractivity contribution < 1.29 is 19.4 Å². The second-order valence-corrected chi connectivity index (χ2v) is 4.55. The van der Waals surface area contributed by atoms with Crippen LogP contribution in [0.2, 0.25) is 0 Å². The number of carbonyl (C=O) groups excluding carboxylic acids is 1. The van der Waals surface area contributed by atoms with Gasteiger partial charge in [0, 0.05) is 19.5 Å². The molecular formula is C15H22N2O4. The van der Waals surface area contributed by atoms with Crippen molar-refractivity contribution in [2.24, 2.45) is 0 Å². The molecule has 0 aliphatic heterocycles. The Morgan fingerprint density at radius 3 is 2.33 bits per heavy atom. The Morgan fingerprint density at radius 1 is 1.00 bits per heavy atom. The number of carboxylic acid groups (broad SMARTS) is 1. The molecule has 21 heavy (non-hydrogen) atoms. The molecule has 0 fully saturated rings. The fraction of sp³-hybridized carbons (Fsp3) is 0.467. The first-order chi connectivity index (χ1) is 10.2. The van der Waals surface area contributed by atoms with Gasteiger partial charge in [0.1, 0.15) is 5.75 Å². The van der Waals surface area contributed by atoms with Crippen LogP contribution < -0.4 is 15.4 Å². The lowest BCUT2D eigenvalue weighted by atomic mass is 10.2. The molecular weight excluding hydrogens is 272 g/mol. The van der Waals surface area contributed by atoms with E-state index in [1.807, 2.05) is 30.3 Å². The zero-order valence-corrected chi connectivity index (χ0v) is 12.0. The first kappa shape index (κ1) is 16.8. The van der Waals surface area contributed by atoms with Crippen molar-refractivity contribution in [3.63, 3.8) is 0 Å². The van der Waals surface area contributed by atoms with Crippen LogP contribution in [0.5, 0.6) is 5.75 Å². The van der Waals surface area contributed by atoms with Crippen LogP contribution in [0.4, 0.5) is 4.79 Å². The van der Waals surface area contributed by atoms with E-state index in [-0.39, 0.29) is 12.5 Å². The van der Waals surface area contributed by atoms with Gasteiger partial charge in [-0.3, -0.25) is 4.79 Å². The molecule has 0 heterocycles. The number of aliphatic carboxylic acids is 1. The number of urea groups is 1. The fourth-order valence-electron chi connectivity index (χ4n) is 1.65. The van der Waals surface area contributed by atoms with Crippen LogP contribution in [0, 0.1) is 0 Å². The van der Waals surface area contributed by atoms with Gasteiger partial charge in [-0.2, -0.15) is 0 Å². The summed E-state index contributed by atoms with van der Waals surface area (Å²) in [4.78, 5) is 21.7. The number of rotatable bonds is 10. The monoisotopic (exact) mass is 294 g/mol. The summed E-state index contributed by atoms with van der Waals surface area (Å²) < 4.78 is 5.50. The van der Waals surface area contributed by atoms with Crippen LogP contribution in [-0.4, -0.2) is 36.8 Å². The Labute approximate surface area is 124 Å². The average Bonchev–Trinajstić information content (AvgIpc) is 2.47. The molecule has 0 saturated carbocycles. The molecule has 0 unspecified atom stereocenters. The van der Waals surface area contributed by atoms with E-state index in [0.717, 1.165) is 12.2 Å². The maximum absolute atomic E-state index is 11.4. The van der Waals surface area contributed by atoms with Gasteiger partial charge in [-0.25, -0.2) is 4.79 Å². The molecule has 0 saturated heterocycles. The maximum atomic E-state index is 11.4. The van der Waals surface area contributed by atoms with E-state index in [2.05, 4.69) is 10.6 Å². The quantitative estimate of drug-likeness (QED) is 0.576. The number of benzene rings is 1. The molecule has 0 aromatic heterocycles. The van der Waals surface area contributed by atoms with Gasteiger partial charge in [0.05, 0.1) is 6.61 Å². The number of hydrogen-bond donors (Lipinski definition) is 3. The van der Waals surface area contributed by atoms with E-state index >= 15 is 0 Å². The van der Waals surface area contributed by atoms with Crippen LogP contribution in [0.1, 0.15) is 25.7 Å². The van der Waals surface area contributed by atoms with Gasteiger partial charge < -0.3 is 20.5 Å². The van der Waals surface area contributed by atoms with Crippen LogP contribution in [-0.2, 0) is 4.79 Å². The number of ether oxygens (including phenoxy) is 1. The minimum Gasteiger partial charge on any atom is -0.494 e. The van der Waals surface area contributed by atoms with Crippen LogP contribution in [0.15, 0.2) is 30.3 Å².